The molecule has 0 aliphatic heterocycles. The van der Waals surface area contributed by atoms with Gasteiger partial charge < -0.3 is 15.4 Å². The van der Waals surface area contributed by atoms with Gasteiger partial charge >= 0.3 is 0 Å². The Morgan fingerprint density at radius 2 is 1.95 bits per heavy atom. The van der Waals surface area contributed by atoms with Gasteiger partial charge in [-0.25, -0.2) is 0 Å². The fraction of sp³-hybridized carbons (Fsp3) is 0.533. The first kappa shape index (κ1) is 15.5. The Morgan fingerprint density at radius 3 is 2.58 bits per heavy atom. The number of carbonyl (C=O) groups is 1. The van der Waals surface area contributed by atoms with Gasteiger partial charge in [0.25, 0.3) is 0 Å². The molecule has 0 spiro atoms. The van der Waals surface area contributed by atoms with Crippen LogP contribution in [0.2, 0.25) is 0 Å². The molecule has 0 fully saturated rings. The first-order valence-electron chi connectivity index (χ1n) is 6.71. The van der Waals surface area contributed by atoms with Crippen molar-refractivity contribution in [1.29, 1.82) is 0 Å². The minimum Gasteiger partial charge on any atom is -0.491 e. The molecular formula is C15H24N2O2. The third-order valence-electron chi connectivity index (χ3n) is 2.75. The third-order valence-corrected chi connectivity index (χ3v) is 2.75. The van der Waals surface area contributed by atoms with Gasteiger partial charge in [0.2, 0.25) is 5.91 Å². The van der Waals surface area contributed by atoms with Crippen molar-refractivity contribution in [2.24, 2.45) is 5.92 Å². The highest BCUT2D eigenvalue weighted by atomic mass is 16.5. The maximum Gasteiger partial charge on any atom is 0.224 e. The molecule has 0 saturated carbocycles. The van der Waals surface area contributed by atoms with Gasteiger partial charge in [-0.2, -0.15) is 0 Å². The van der Waals surface area contributed by atoms with E-state index in [1.807, 2.05) is 52.1 Å². The average Bonchev–Trinajstić information content (AvgIpc) is 2.37. The highest BCUT2D eigenvalue weighted by Gasteiger charge is 2.12. The Labute approximate surface area is 115 Å². The first-order valence-corrected chi connectivity index (χ1v) is 6.71. The summed E-state index contributed by atoms with van der Waals surface area (Å²) in [5.41, 5.74) is 1.00. The highest BCUT2D eigenvalue weighted by molar-refractivity contribution is 5.78. The van der Waals surface area contributed by atoms with Crippen LogP contribution in [0.5, 0.6) is 5.75 Å². The summed E-state index contributed by atoms with van der Waals surface area (Å²) in [4.78, 5) is 11.8. The molecule has 0 bridgehead atoms. The molecule has 1 aromatic carbocycles. The molecule has 1 amide bonds. The lowest BCUT2D eigenvalue weighted by molar-refractivity contribution is -0.124. The van der Waals surface area contributed by atoms with E-state index < -0.39 is 0 Å². The minimum atomic E-state index is -0.0387. The van der Waals surface area contributed by atoms with E-state index in [1.54, 1.807) is 0 Å². The predicted molar refractivity (Wildman–Crippen MR) is 77.1 cm³/mol. The predicted octanol–water partition coefficient (Wildman–Crippen LogP) is 1.95. The van der Waals surface area contributed by atoms with Gasteiger partial charge in [-0.3, -0.25) is 4.79 Å². The third kappa shape index (κ3) is 5.30. The van der Waals surface area contributed by atoms with Crippen LogP contribution in [0.1, 0.15) is 26.3 Å². The fourth-order valence-electron chi connectivity index (χ4n) is 1.77. The number of para-hydroxylation sites is 1. The largest absolute Gasteiger partial charge is 0.491 e. The van der Waals surface area contributed by atoms with Gasteiger partial charge in [0, 0.05) is 24.6 Å². The number of amides is 1. The Bertz CT molecular complexity index is 405. The molecule has 0 saturated heterocycles. The summed E-state index contributed by atoms with van der Waals surface area (Å²) in [5, 5.41) is 5.94. The van der Waals surface area contributed by atoms with E-state index in [2.05, 4.69) is 10.6 Å². The van der Waals surface area contributed by atoms with Crippen LogP contribution < -0.4 is 15.4 Å². The lowest BCUT2D eigenvalue weighted by Crippen LogP contribution is -2.34. The number of ether oxygens (including phenoxy) is 1. The van der Waals surface area contributed by atoms with E-state index in [-0.39, 0.29) is 17.9 Å². The van der Waals surface area contributed by atoms with Crippen LogP contribution in [0.15, 0.2) is 24.3 Å². The van der Waals surface area contributed by atoms with E-state index in [0.717, 1.165) is 11.3 Å². The van der Waals surface area contributed by atoms with Gasteiger partial charge in [0.05, 0.1) is 6.10 Å². The second-order valence-corrected chi connectivity index (χ2v) is 4.95. The molecule has 0 aliphatic carbocycles. The molecular weight excluding hydrogens is 240 g/mol. The Hall–Kier alpha value is -1.55. The second-order valence-electron chi connectivity index (χ2n) is 4.95. The molecule has 2 N–H and O–H groups in total. The average molecular weight is 264 g/mol. The molecule has 1 atom stereocenters. The lowest BCUT2D eigenvalue weighted by Gasteiger charge is -2.16. The van der Waals surface area contributed by atoms with Gasteiger partial charge in [0.15, 0.2) is 0 Å². The maximum absolute atomic E-state index is 11.8. The molecule has 0 radical (unpaired) electrons. The zero-order chi connectivity index (χ0) is 14.3. The van der Waals surface area contributed by atoms with E-state index in [0.29, 0.717) is 13.1 Å². The number of benzene rings is 1. The van der Waals surface area contributed by atoms with Gasteiger partial charge in [0.1, 0.15) is 5.75 Å². The molecule has 106 valence electrons. The Morgan fingerprint density at radius 1 is 1.26 bits per heavy atom. The van der Waals surface area contributed by atoms with Crippen molar-refractivity contribution < 1.29 is 9.53 Å². The van der Waals surface area contributed by atoms with Crippen molar-refractivity contribution in [2.45, 2.75) is 33.4 Å². The molecule has 19 heavy (non-hydrogen) atoms. The molecule has 0 heterocycles. The second kappa shape index (κ2) is 7.79. The lowest BCUT2D eigenvalue weighted by atomic mass is 10.1. The number of hydrogen-bond donors (Lipinski definition) is 2. The van der Waals surface area contributed by atoms with Crippen molar-refractivity contribution >= 4 is 5.91 Å². The minimum absolute atomic E-state index is 0.0387. The highest BCUT2D eigenvalue weighted by Crippen LogP contribution is 2.19. The normalized spacial score (nSPS) is 12.3. The van der Waals surface area contributed by atoms with E-state index in [1.165, 1.54) is 0 Å². The zero-order valence-electron chi connectivity index (χ0n) is 12.2. The molecule has 4 heteroatoms. The van der Waals surface area contributed by atoms with Crippen LogP contribution in [-0.2, 0) is 11.3 Å². The molecule has 1 rings (SSSR count). The zero-order valence-corrected chi connectivity index (χ0v) is 12.2. The van der Waals surface area contributed by atoms with E-state index in [4.69, 9.17) is 4.74 Å². The van der Waals surface area contributed by atoms with Gasteiger partial charge in [-0.15, -0.1) is 0 Å². The summed E-state index contributed by atoms with van der Waals surface area (Å²) in [5.74, 6) is 0.843. The monoisotopic (exact) mass is 264 g/mol. The summed E-state index contributed by atoms with van der Waals surface area (Å²) in [7, 11) is 1.84. The Kier molecular flexibility index (Phi) is 6.36. The summed E-state index contributed by atoms with van der Waals surface area (Å²) in [6, 6.07) is 7.79. The van der Waals surface area contributed by atoms with Crippen LogP contribution in [-0.4, -0.2) is 25.6 Å². The van der Waals surface area contributed by atoms with Gasteiger partial charge in [-0.05, 0) is 27.0 Å². The molecule has 0 aliphatic rings. The number of nitrogens with one attached hydrogen (secondary N) is 2. The first-order chi connectivity index (χ1) is 9.04. The summed E-state index contributed by atoms with van der Waals surface area (Å²) in [6.45, 7) is 7.06. The summed E-state index contributed by atoms with van der Waals surface area (Å²) < 4.78 is 5.72. The standard InChI is InChI=1S/C15H24N2O2/c1-11(2)19-14-8-6-5-7-13(14)10-17-15(18)12(3)9-16-4/h5-8,11-12,16H,9-10H2,1-4H3,(H,17,18). The smallest absolute Gasteiger partial charge is 0.224 e. The van der Waals surface area contributed by atoms with Crippen molar-refractivity contribution in [1.82, 2.24) is 10.6 Å². The van der Waals surface area contributed by atoms with Crippen molar-refractivity contribution in [2.75, 3.05) is 13.6 Å². The van der Waals surface area contributed by atoms with Crippen molar-refractivity contribution in [3.05, 3.63) is 29.8 Å². The Balaban J connectivity index is 2.59. The van der Waals surface area contributed by atoms with Crippen molar-refractivity contribution in [3.63, 3.8) is 0 Å². The fourth-order valence-corrected chi connectivity index (χ4v) is 1.77. The van der Waals surface area contributed by atoms with Crippen LogP contribution >= 0.6 is 0 Å². The van der Waals surface area contributed by atoms with E-state index >= 15 is 0 Å². The van der Waals surface area contributed by atoms with Crippen LogP contribution in [0.4, 0.5) is 0 Å². The summed E-state index contributed by atoms with van der Waals surface area (Å²) in [6.07, 6.45) is 0.125. The number of rotatable bonds is 7. The topological polar surface area (TPSA) is 50.4 Å². The molecule has 1 unspecified atom stereocenters. The van der Waals surface area contributed by atoms with Gasteiger partial charge in [-0.1, -0.05) is 25.1 Å². The molecule has 0 aromatic heterocycles. The quantitative estimate of drug-likeness (QED) is 0.791. The molecule has 4 nitrogen and oxygen atoms in total. The van der Waals surface area contributed by atoms with E-state index in [9.17, 15) is 4.79 Å². The van der Waals surface area contributed by atoms with Crippen LogP contribution in [0.25, 0.3) is 0 Å². The van der Waals surface area contributed by atoms with Crippen LogP contribution in [0.3, 0.4) is 0 Å². The molecule has 1 aromatic rings. The maximum atomic E-state index is 11.8. The summed E-state index contributed by atoms with van der Waals surface area (Å²) >= 11 is 0. The number of carbonyl (C=O) groups excluding carboxylic acids is 1. The number of hydrogen-bond acceptors (Lipinski definition) is 3. The SMILES string of the molecule is CNCC(C)C(=O)NCc1ccccc1OC(C)C. The van der Waals surface area contributed by atoms with Crippen molar-refractivity contribution in [3.8, 4) is 5.75 Å². The van der Waals surface area contributed by atoms with Crippen LogP contribution in [0, 0.1) is 5.92 Å².